The number of carbonyl (C=O) groups is 1. The van der Waals surface area contributed by atoms with Gasteiger partial charge in [-0.05, 0) is 51.0 Å². The summed E-state index contributed by atoms with van der Waals surface area (Å²) in [6.07, 6.45) is 8.15. The molecule has 1 aliphatic heterocycles. The Hall–Kier alpha value is -2.08. The van der Waals surface area contributed by atoms with E-state index >= 15 is 0 Å². The summed E-state index contributed by atoms with van der Waals surface area (Å²) >= 11 is 0. The highest BCUT2D eigenvalue weighted by Crippen LogP contribution is 2.26. The van der Waals surface area contributed by atoms with Crippen LogP contribution in [0.15, 0.2) is 30.3 Å². The second kappa shape index (κ2) is 12.6. The van der Waals surface area contributed by atoms with E-state index in [0.29, 0.717) is 19.2 Å². The van der Waals surface area contributed by atoms with Gasteiger partial charge in [0.1, 0.15) is 12.5 Å². The zero-order valence-corrected chi connectivity index (χ0v) is 19.0. The van der Waals surface area contributed by atoms with Crippen molar-refractivity contribution in [2.75, 3.05) is 19.8 Å². The molecule has 1 aromatic rings. The number of ether oxygens (including phenoxy) is 1. The van der Waals surface area contributed by atoms with Gasteiger partial charge in [0, 0.05) is 13.1 Å². The molecule has 0 saturated carbocycles. The van der Waals surface area contributed by atoms with Crippen molar-refractivity contribution < 1.29 is 9.53 Å². The van der Waals surface area contributed by atoms with Gasteiger partial charge in [-0.15, -0.1) is 0 Å². The van der Waals surface area contributed by atoms with E-state index in [0.717, 1.165) is 63.5 Å². The average Bonchev–Trinajstić information content (AvgIpc) is 2.77. The molecule has 1 unspecified atom stereocenters. The maximum absolute atomic E-state index is 12.3. The van der Waals surface area contributed by atoms with Gasteiger partial charge in [0.15, 0.2) is 5.96 Å². The Morgan fingerprint density at radius 3 is 2.43 bits per heavy atom. The number of unbranched alkanes of at least 4 members (excludes halogenated alkanes) is 3. The Morgan fingerprint density at radius 2 is 1.83 bits per heavy atom. The molecule has 1 fully saturated rings. The minimum atomic E-state index is -0.374. The van der Waals surface area contributed by atoms with Crippen molar-refractivity contribution in [3.05, 3.63) is 35.9 Å². The van der Waals surface area contributed by atoms with Gasteiger partial charge in [0.2, 0.25) is 5.91 Å². The van der Waals surface area contributed by atoms with Crippen LogP contribution >= 0.6 is 0 Å². The zero-order chi connectivity index (χ0) is 21.8. The topological polar surface area (TPSA) is 77.5 Å². The molecule has 0 aromatic heterocycles. The van der Waals surface area contributed by atoms with Gasteiger partial charge in [0.05, 0.1) is 5.92 Å². The van der Waals surface area contributed by atoms with Crippen molar-refractivity contribution >= 4 is 11.9 Å². The number of nitrogens with zero attached hydrogens (tertiary/aromatic N) is 1. The number of amides is 1. The highest BCUT2D eigenvalue weighted by molar-refractivity contribution is 5.83. The molecule has 0 aliphatic carbocycles. The van der Waals surface area contributed by atoms with Crippen molar-refractivity contribution in [2.24, 2.45) is 0 Å². The second-order valence-corrected chi connectivity index (χ2v) is 8.34. The number of guanidine groups is 1. The molecule has 2 rings (SSSR count). The summed E-state index contributed by atoms with van der Waals surface area (Å²) in [6, 6.07) is 9.85. The molecule has 0 spiro atoms. The quantitative estimate of drug-likeness (QED) is 0.411. The van der Waals surface area contributed by atoms with E-state index in [2.05, 4.69) is 24.5 Å². The lowest BCUT2D eigenvalue weighted by Gasteiger charge is -2.44. The molecular formula is C24H40N4O2. The first-order valence-corrected chi connectivity index (χ1v) is 11.6. The van der Waals surface area contributed by atoms with Crippen LogP contribution < -0.4 is 10.6 Å². The Bertz CT molecular complexity index is 642. The Balaban J connectivity index is 1.69. The van der Waals surface area contributed by atoms with Gasteiger partial charge in [-0.3, -0.25) is 10.2 Å². The average molecular weight is 417 g/mol. The minimum Gasteiger partial charge on any atom is -0.356 e. The van der Waals surface area contributed by atoms with Gasteiger partial charge in [-0.2, -0.15) is 0 Å². The molecule has 1 saturated heterocycles. The molecule has 1 aliphatic rings. The fourth-order valence-electron chi connectivity index (χ4n) is 3.78. The number of hydrogen-bond donors (Lipinski definition) is 3. The maximum Gasteiger partial charge on any atom is 0.227 e. The lowest BCUT2D eigenvalue weighted by Crippen LogP contribution is -2.61. The molecule has 6 heteroatoms. The highest BCUT2D eigenvalue weighted by Gasteiger charge is 2.36. The number of carbonyl (C=O) groups excluding carboxylic acids is 1. The van der Waals surface area contributed by atoms with Crippen molar-refractivity contribution in [3.63, 3.8) is 0 Å². The first-order valence-electron chi connectivity index (χ1n) is 11.6. The van der Waals surface area contributed by atoms with Crippen molar-refractivity contribution in [1.29, 1.82) is 5.41 Å². The monoisotopic (exact) mass is 416 g/mol. The molecule has 168 valence electrons. The van der Waals surface area contributed by atoms with Gasteiger partial charge in [-0.25, -0.2) is 0 Å². The number of benzene rings is 1. The molecule has 0 radical (unpaired) electrons. The largest absolute Gasteiger partial charge is 0.356 e. The summed E-state index contributed by atoms with van der Waals surface area (Å²) in [4.78, 5) is 14.3. The lowest BCUT2D eigenvalue weighted by atomic mass is 9.98. The molecule has 3 N–H and O–H groups in total. The summed E-state index contributed by atoms with van der Waals surface area (Å²) in [5.41, 5.74) is 0.663. The molecule has 30 heavy (non-hydrogen) atoms. The van der Waals surface area contributed by atoms with Crippen LogP contribution in [0.4, 0.5) is 0 Å². The Kier molecular flexibility index (Phi) is 10.1. The van der Waals surface area contributed by atoms with Gasteiger partial charge in [-0.1, -0.05) is 57.0 Å². The van der Waals surface area contributed by atoms with E-state index in [9.17, 15) is 4.79 Å². The standard InChI is InChI=1S/C24H40N4O2/c1-4-6-15-24(16-7-5-2)27-23(25)28(19-30-24)18-12-11-17-26-22(29)20(3)21-13-9-8-10-14-21/h8-10,13-14,20H,4-7,11-12,15-19H2,1-3H3,(H2,25,27)(H,26,29). The van der Waals surface area contributed by atoms with E-state index in [-0.39, 0.29) is 17.6 Å². The third kappa shape index (κ3) is 7.31. The van der Waals surface area contributed by atoms with Crippen molar-refractivity contribution in [3.8, 4) is 0 Å². The molecule has 1 aromatic carbocycles. The van der Waals surface area contributed by atoms with Gasteiger partial charge in [0.25, 0.3) is 0 Å². The Labute approximate surface area is 182 Å². The SMILES string of the molecule is CCCCC1(CCCC)NC(=N)N(CCCCNC(=O)C(C)c2ccccc2)CO1. The van der Waals surface area contributed by atoms with Crippen LogP contribution in [-0.2, 0) is 9.53 Å². The number of nitrogens with one attached hydrogen (secondary N) is 3. The van der Waals surface area contributed by atoms with Gasteiger partial charge < -0.3 is 20.3 Å². The summed E-state index contributed by atoms with van der Waals surface area (Å²) in [7, 11) is 0. The summed E-state index contributed by atoms with van der Waals surface area (Å²) < 4.78 is 6.23. The van der Waals surface area contributed by atoms with Crippen LogP contribution in [-0.4, -0.2) is 42.3 Å². The second-order valence-electron chi connectivity index (χ2n) is 8.34. The first-order chi connectivity index (χ1) is 14.5. The minimum absolute atomic E-state index is 0.0635. The predicted octanol–water partition coefficient (Wildman–Crippen LogP) is 4.58. The van der Waals surface area contributed by atoms with Crippen LogP contribution in [0.3, 0.4) is 0 Å². The van der Waals surface area contributed by atoms with E-state index in [4.69, 9.17) is 10.1 Å². The summed E-state index contributed by atoms with van der Waals surface area (Å²) in [5.74, 6) is 0.391. The van der Waals surface area contributed by atoms with Crippen LogP contribution in [0.5, 0.6) is 0 Å². The Morgan fingerprint density at radius 1 is 1.17 bits per heavy atom. The van der Waals surface area contributed by atoms with Crippen molar-refractivity contribution in [2.45, 2.75) is 83.8 Å². The van der Waals surface area contributed by atoms with Crippen LogP contribution in [0.2, 0.25) is 0 Å². The fraction of sp³-hybridized carbons (Fsp3) is 0.667. The van der Waals surface area contributed by atoms with Gasteiger partial charge >= 0.3 is 0 Å². The maximum atomic E-state index is 12.3. The molecule has 0 bridgehead atoms. The number of rotatable bonds is 13. The third-order valence-electron chi connectivity index (χ3n) is 5.87. The number of hydrogen-bond acceptors (Lipinski definition) is 3. The normalized spacial score (nSPS) is 16.8. The van der Waals surface area contributed by atoms with E-state index in [1.807, 2.05) is 42.2 Å². The van der Waals surface area contributed by atoms with E-state index in [1.165, 1.54) is 0 Å². The summed E-state index contributed by atoms with van der Waals surface area (Å²) in [6.45, 7) is 8.19. The van der Waals surface area contributed by atoms with Crippen LogP contribution in [0.25, 0.3) is 0 Å². The molecular weight excluding hydrogens is 376 g/mol. The summed E-state index contributed by atoms with van der Waals surface area (Å²) in [5, 5.41) is 14.8. The van der Waals surface area contributed by atoms with E-state index < -0.39 is 0 Å². The lowest BCUT2D eigenvalue weighted by molar-refractivity contribution is -0.125. The molecule has 1 amide bonds. The molecule has 6 nitrogen and oxygen atoms in total. The van der Waals surface area contributed by atoms with E-state index in [1.54, 1.807) is 0 Å². The zero-order valence-electron chi connectivity index (χ0n) is 19.0. The molecule has 1 heterocycles. The fourth-order valence-corrected chi connectivity index (χ4v) is 3.78. The smallest absolute Gasteiger partial charge is 0.227 e. The van der Waals surface area contributed by atoms with Crippen LogP contribution in [0, 0.1) is 5.41 Å². The third-order valence-corrected chi connectivity index (χ3v) is 5.87. The highest BCUT2D eigenvalue weighted by atomic mass is 16.5. The first kappa shape index (κ1) is 24.2. The molecule has 1 atom stereocenters. The van der Waals surface area contributed by atoms with Crippen molar-refractivity contribution in [1.82, 2.24) is 15.5 Å². The van der Waals surface area contributed by atoms with Crippen LogP contribution in [0.1, 0.15) is 83.6 Å². The predicted molar refractivity (Wildman–Crippen MR) is 122 cm³/mol.